The summed E-state index contributed by atoms with van der Waals surface area (Å²) in [4.78, 5) is 0. The Bertz CT molecular complexity index is 397. The van der Waals surface area contributed by atoms with Gasteiger partial charge in [-0.3, -0.25) is 0 Å². The van der Waals surface area contributed by atoms with Gasteiger partial charge in [0.25, 0.3) is 0 Å². The van der Waals surface area contributed by atoms with Gasteiger partial charge in [-0.05, 0) is 43.9 Å². The molecule has 1 saturated heterocycles. The van der Waals surface area contributed by atoms with Gasteiger partial charge in [0.2, 0.25) is 0 Å². The smallest absolute Gasteiger partial charge is 0.121 e. The molecular weight excluding hydrogens is 226 g/mol. The van der Waals surface area contributed by atoms with Crippen LogP contribution in [0, 0.1) is 6.92 Å². The topological polar surface area (TPSA) is 30.5 Å². The lowest BCUT2D eigenvalue weighted by molar-refractivity contribution is 0.0278. The Morgan fingerprint density at radius 3 is 2.89 bits per heavy atom. The third-order valence-electron chi connectivity index (χ3n) is 3.62. The summed E-state index contributed by atoms with van der Waals surface area (Å²) in [6, 6.07) is 6.33. The van der Waals surface area contributed by atoms with E-state index in [0.717, 1.165) is 31.9 Å². The Balaban J connectivity index is 1.95. The van der Waals surface area contributed by atoms with Gasteiger partial charge in [0, 0.05) is 18.7 Å². The minimum Gasteiger partial charge on any atom is -0.496 e. The van der Waals surface area contributed by atoms with Crippen molar-refractivity contribution in [2.45, 2.75) is 38.8 Å². The molecule has 0 radical (unpaired) electrons. The van der Waals surface area contributed by atoms with Crippen molar-refractivity contribution in [1.29, 1.82) is 0 Å². The van der Waals surface area contributed by atoms with Gasteiger partial charge in [-0.15, -0.1) is 0 Å². The van der Waals surface area contributed by atoms with Gasteiger partial charge < -0.3 is 14.8 Å². The molecule has 1 aliphatic heterocycles. The average Bonchev–Trinajstić information content (AvgIpc) is 2.38. The molecule has 0 bridgehead atoms. The Labute approximate surface area is 109 Å². The molecule has 1 heterocycles. The summed E-state index contributed by atoms with van der Waals surface area (Å²) in [6.45, 7) is 6.90. The van der Waals surface area contributed by atoms with Gasteiger partial charge in [0.05, 0.1) is 13.7 Å². The van der Waals surface area contributed by atoms with Crippen LogP contribution in [0.3, 0.4) is 0 Å². The normalized spacial score (nSPS) is 23.9. The van der Waals surface area contributed by atoms with Crippen LogP contribution in [0.1, 0.15) is 30.9 Å². The summed E-state index contributed by atoms with van der Waals surface area (Å²) in [5.41, 5.74) is 2.59. The van der Waals surface area contributed by atoms with Crippen LogP contribution in [-0.2, 0) is 11.3 Å². The van der Waals surface area contributed by atoms with Gasteiger partial charge in [-0.25, -0.2) is 0 Å². The van der Waals surface area contributed by atoms with E-state index in [9.17, 15) is 0 Å². The lowest BCUT2D eigenvalue weighted by Gasteiger charge is -2.34. The highest BCUT2D eigenvalue weighted by molar-refractivity contribution is 5.36. The van der Waals surface area contributed by atoms with Crippen molar-refractivity contribution < 1.29 is 9.47 Å². The van der Waals surface area contributed by atoms with E-state index in [1.807, 2.05) is 6.07 Å². The number of benzene rings is 1. The SMILES string of the molecule is COc1ccc(CNC2(C)CCCOC2)cc1C. The van der Waals surface area contributed by atoms with E-state index in [1.165, 1.54) is 17.5 Å². The molecule has 1 aliphatic rings. The molecule has 1 N–H and O–H groups in total. The molecule has 0 aromatic heterocycles. The molecule has 1 fully saturated rings. The van der Waals surface area contributed by atoms with Crippen LogP contribution in [0.25, 0.3) is 0 Å². The van der Waals surface area contributed by atoms with E-state index < -0.39 is 0 Å². The fraction of sp³-hybridized carbons (Fsp3) is 0.600. The molecule has 18 heavy (non-hydrogen) atoms. The van der Waals surface area contributed by atoms with Gasteiger partial charge in [0.1, 0.15) is 5.75 Å². The van der Waals surface area contributed by atoms with Gasteiger partial charge >= 0.3 is 0 Å². The number of hydrogen-bond acceptors (Lipinski definition) is 3. The monoisotopic (exact) mass is 249 g/mol. The van der Waals surface area contributed by atoms with Gasteiger partial charge in [-0.2, -0.15) is 0 Å². The van der Waals surface area contributed by atoms with Crippen molar-refractivity contribution in [3.63, 3.8) is 0 Å². The highest BCUT2D eigenvalue weighted by atomic mass is 16.5. The van der Waals surface area contributed by atoms with E-state index in [2.05, 4.69) is 31.3 Å². The Morgan fingerprint density at radius 2 is 2.28 bits per heavy atom. The molecule has 1 aromatic rings. The zero-order valence-electron chi connectivity index (χ0n) is 11.6. The second-order valence-electron chi connectivity index (χ2n) is 5.37. The summed E-state index contributed by atoms with van der Waals surface area (Å²) in [5.74, 6) is 0.950. The highest BCUT2D eigenvalue weighted by Gasteiger charge is 2.26. The van der Waals surface area contributed by atoms with Crippen LogP contribution in [0.2, 0.25) is 0 Å². The number of nitrogens with one attached hydrogen (secondary N) is 1. The molecule has 0 aliphatic carbocycles. The van der Waals surface area contributed by atoms with Crippen molar-refractivity contribution >= 4 is 0 Å². The first-order valence-corrected chi connectivity index (χ1v) is 6.59. The predicted molar refractivity (Wildman–Crippen MR) is 73.0 cm³/mol. The molecule has 3 nitrogen and oxygen atoms in total. The molecule has 1 atom stereocenters. The maximum absolute atomic E-state index is 5.55. The van der Waals surface area contributed by atoms with Gasteiger partial charge in [0.15, 0.2) is 0 Å². The van der Waals surface area contributed by atoms with Crippen molar-refractivity contribution in [2.24, 2.45) is 0 Å². The van der Waals surface area contributed by atoms with Crippen molar-refractivity contribution in [3.05, 3.63) is 29.3 Å². The zero-order chi connectivity index (χ0) is 13.0. The second kappa shape index (κ2) is 5.72. The summed E-state index contributed by atoms with van der Waals surface area (Å²) < 4.78 is 10.8. The first-order chi connectivity index (χ1) is 8.63. The maximum atomic E-state index is 5.55. The Kier molecular flexibility index (Phi) is 4.25. The van der Waals surface area contributed by atoms with Crippen LogP contribution in [0.5, 0.6) is 5.75 Å². The first-order valence-electron chi connectivity index (χ1n) is 6.59. The molecule has 3 heteroatoms. The lowest BCUT2D eigenvalue weighted by Crippen LogP contribution is -2.48. The third kappa shape index (κ3) is 3.24. The number of methoxy groups -OCH3 is 1. The Hall–Kier alpha value is -1.06. The molecule has 0 amide bonds. The molecule has 1 unspecified atom stereocenters. The molecule has 100 valence electrons. The van der Waals surface area contributed by atoms with Crippen molar-refractivity contribution in [2.75, 3.05) is 20.3 Å². The van der Waals surface area contributed by atoms with Crippen LogP contribution < -0.4 is 10.1 Å². The van der Waals surface area contributed by atoms with Crippen molar-refractivity contribution in [1.82, 2.24) is 5.32 Å². The van der Waals surface area contributed by atoms with Crippen LogP contribution in [0.15, 0.2) is 18.2 Å². The molecule has 1 aromatic carbocycles. The molecular formula is C15H23NO2. The number of aryl methyl sites for hydroxylation is 1. The standard InChI is InChI=1S/C15H23NO2/c1-12-9-13(5-6-14(12)17-3)10-16-15(2)7-4-8-18-11-15/h5-6,9,16H,4,7-8,10-11H2,1-3H3. The zero-order valence-corrected chi connectivity index (χ0v) is 11.6. The fourth-order valence-electron chi connectivity index (χ4n) is 2.44. The highest BCUT2D eigenvalue weighted by Crippen LogP contribution is 2.21. The van der Waals surface area contributed by atoms with Crippen LogP contribution in [0.4, 0.5) is 0 Å². The lowest BCUT2D eigenvalue weighted by atomic mass is 9.94. The average molecular weight is 249 g/mol. The van der Waals surface area contributed by atoms with E-state index in [4.69, 9.17) is 9.47 Å². The third-order valence-corrected chi connectivity index (χ3v) is 3.62. The quantitative estimate of drug-likeness (QED) is 0.890. The van der Waals surface area contributed by atoms with E-state index >= 15 is 0 Å². The number of hydrogen-bond donors (Lipinski definition) is 1. The first kappa shape index (κ1) is 13.4. The predicted octanol–water partition coefficient (Wildman–Crippen LogP) is 2.66. The number of rotatable bonds is 4. The van der Waals surface area contributed by atoms with Crippen LogP contribution in [-0.4, -0.2) is 25.9 Å². The van der Waals surface area contributed by atoms with E-state index in [0.29, 0.717) is 0 Å². The summed E-state index contributed by atoms with van der Waals surface area (Å²) in [7, 11) is 1.71. The second-order valence-corrected chi connectivity index (χ2v) is 5.37. The minimum absolute atomic E-state index is 0.117. The minimum atomic E-state index is 0.117. The summed E-state index contributed by atoms with van der Waals surface area (Å²) >= 11 is 0. The molecule has 0 saturated carbocycles. The van der Waals surface area contributed by atoms with Crippen molar-refractivity contribution in [3.8, 4) is 5.75 Å². The largest absolute Gasteiger partial charge is 0.496 e. The fourth-order valence-corrected chi connectivity index (χ4v) is 2.44. The maximum Gasteiger partial charge on any atom is 0.121 e. The Morgan fingerprint density at radius 1 is 1.44 bits per heavy atom. The van der Waals surface area contributed by atoms with E-state index in [-0.39, 0.29) is 5.54 Å². The molecule has 0 spiro atoms. The number of ether oxygens (including phenoxy) is 2. The summed E-state index contributed by atoms with van der Waals surface area (Å²) in [6.07, 6.45) is 2.33. The summed E-state index contributed by atoms with van der Waals surface area (Å²) in [5, 5.41) is 3.61. The van der Waals surface area contributed by atoms with Gasteiger partial charge in [-0.1, -0.05) is 12.1 Å². The van der Waals surface area contributed by atoms with E-state index in [1.54, 1.807) is 7.11 Å². The van der Waals surface area contributed by atoms with Crippen LogP contribution >= 0.6 is 0 Å². The molecule has 2 rings (SSSR count).